The summed E-state index contributed by atoms with van der Waals surface area (Å²) in [6.45, 7) is 7.05. The van der Waals surface area contributed by atoms with Gasteiger partial charge in [-0.05, 0) is 33.6 Å². The Labute approximate surface area is 90.5 Å². The lowest BCUT2D eigenvalue weighted by molar-refractivity contribution is 0.529. The Bertz CT molecular complexity index is 323. The Morgan fingerprint density at radius 2 is 2.20 bits per heavy atom. The van der Waals surface area contributed by atoms with Gasteiger partial charge < -0.3 is 15.1 Å². The van der Waals surface area contributed by atoms with Gasteiger partial charge in [0, 0.05) is 18.1 Å². The summed E-state index contributed by atoms with van der Waals surface area (Å²) in [6, 6.07) is 1.32. The van der Waals surface area contributed by atoms with Gasteiger partial charge in [0.25, 0.3) is 6.01 Å². The molecule has 0 amide bonds. The third-order valence-electron chi connectivity index (χ3n) is 2.18. The van der Waals surface area contributed by atoms with Gasteiger partial charge in [0.2, 0.25) is 0 Å². The number of nitrogens with one attached hydrogen (secondary N) is 2. The van der Waals surface area contributed by atoms with Crippen LogP contribution < -0.4 is 10.6 Å². The maximum Gasteiger partial charge on any atom is 0.295 e. The van der Waals surface area contributed by atoms with Crippen LogP contribution in [0.15, 0.2) is 10.7 Å². The molecule has 1 aliphatic rings. The van der Waals surface area contributed by atoms with Gasteiger partial charge in [-0.25, -0.2) is 0 Å². The molecule has 0 bridgehead atoms. The van der Waals surface area contributed by atoms with Gasteiger partial charge in [-0.1, -0.05) is 0 Å². The molecule has 0 spiro atoms. The van der Waals surface area contributed by atoms with E-state index in [9.17, 15) is 0 Å². The quantitative estimate of drug-likeness (QED) is 0.797. The lowest BCUT2D eigenvalue weighted by Gasteiger charge is -2.18. The van der Waals surface area contributed by atoms with Crippen LogP contribution in [0.3, 0.4) is 0 Å². The molecule has 84 valence electrons. The molecule has 2 rings (SSSR count). The third kappa shape index (κ3) is 3.55. The van der Waals surface area contributed by atoms with E-state index in [0.717, 1.165) is 12.2 Å². The molecule has 4 heteroatoms. The van der Waals surface area contributed by atoms with Crippen molar-refractivity contribution in [3.05, 3.63) is 12.0 Å². The summed E-state index contributed by atoms with van der Waals surface area (Å²) in [4.78, 5) is 4.36. The molecule has 1 fully saturated rings. The molecular formula is C11H19N3O. The van der Waals surface area contributed by atoms with E-state index in [4.69, 9.17) is 4.42 Å². The first-order chi connectivity index (χ1) is 7.03. The van der Waals surface area contributed by atoms with Gasteiger partial charge in [-0.2, -0.15) is 4.98 Å². The van der Waals surface area contributed by atoms with Crippen LogP contribution in [0.4, 0.5) is 6.01 Å². The van der Waals surface area contributed by atoms with Crippen LogP contribution in [0, 0.1) is 0 Å². The van der Waals surface area contributed by atoms with Crippen molar-refractivity contribution in [1.29, 1.82) is 0 Å². The number of rotatable bonds is 4. The van der Waals surface area contributed by atoms with Crippen LogP contribution in [0.25, 0.3) is 0 Å². The zero-order chi connectivity index (χ0) is 10.9. The van der Waals surface area contributed by atoms with Crippen molar-refractivity contribution < 1.29 is 4.42 Å². The Morgan fingerprint density at radius 3 is 2.80 bits per heavy atom. The summed E-state index contributed by atoms with van der Waals surface area (Å²) in [6.07, 6.45) is 4.30. The van der Waals surface area contributed by atoms with Gasteiger partial charge in [0.15, 0.2) is 0 Å². The molecular weight excluding hydrogens is 190 g/mol. The second kappa shape index (κ2) is 3.85. The van der Waals surface area contributed by atoms with Gasteiger partial charge >= 0.3 is 0 Å². The molecule has 1 heterocycles. The zero-order valence-corrected chi connectivity index (χ0v) is 9.63. The van der Waals surface area contributed by atoms with E-state index in [1.807, 2.05) is 0 Å². The summed E-state index contributed by atoms with van der Waals surface area (Å²) < 4.78 is 5.33. The lowest BCUT2D eigenvalue weighted by atomic mass is 10.1. The Kier molecular flexibility index (Phi) is 2.69. The first kappa shape index (κ1) is 10.5. The highest BCUT2D eigenvalue weighted by Crippen LogP contribution is 2.20. The zero-order valence-electron chi connectivity index (χ0n) is 9.63. The minimum absolute atomic E-state index is 0.00789. The van der Waals surface area contributed by atoms with Crippen molar-refractivity contribution in [2.75, 3.05) is 5.32 Å². The lowest BCUT2D eigenvalue weighted by Crippen LogP contribution is -2.26. The molecule has 15 heavy (non-hydrogen) atoms. The molecule has 1 aliphatic carbocycles. The third-order valence-corrected chi connectivity index (χ3v) is 2.18. The summed E-state index contributed by atoms with van der Waals surface area (Å²) >= 11 is 0. The number of hydrogen-bond donors (Lipinski definition) is 2. The van der Waals surface area contributed by atoms with Gasteiger partial charge in [0.05, 0.1) is 5.69 Å². The molecule has 1 aromatic heterocycles. The van der Waals surface area contributed by atoms with E-state index in [1.165, 1.54) is 12.8 Å². The van der Waals surface area contributed by atoms with Crippen molar-refractivity contribution in [2.24, 2.45) is 0 Å². The number of oxazole rings is 1. The van der Waals surface area contributed by atoms with E-state index in [0.29, 0.717) is 12.1 Å². The fraction of sp³-hybridized carbons (Fsp3) is 0.727. The second-order valence-corrected chi connectivity index (χ2v) is 5.17. The first-order valence-electron chi connectivity index (χ1n) is 5.49. The van der Waals surface area contributed by atoms with Gasteiger partial charge in [0.1, 0.15) is 6.26 Å². The Balaban J connectivity index is 1.85. The fourth-order valence-corrected chi connectivity index (χ4v) is 1.30. The van der Waals surface area contributed by atoms with Crippen molar-refractivity contribution in [3.8, 4) is 0 Å². The number of nitrogens with zero attached hydrogens (tertiary/aromatic N) is 1. The van der Waals surface area contributed by atoms with Crippen molar-refractivity contribution in [1.82, 2.24) is 10.3 Å². The minimum atomic E-state index is -0.00789. The number of aromatic nitrogens is 1. The van der Waals surface area contributed by atoms with Crippen LogP contribution in [0.1, 0.15) is 39.3 Å². The maximum atomic E-state index is 5.33. The molecule has 1 aromatic rings. The fourth-order valence-electron chi connectivity index (χ4n) is 1.30. The second-order valence-electron chi connectivity index (χ2n) is 5.17. The van der Waals surface area contributed by atoms with E-state index < -0.39 is 0 Å². The van der Waals surface area contributed by atoms with Crippen LogP contribution in [-0.2, 0) is 6.54 Å². The predicted molar refractivity (Wildman–Crippen MR) is 59.7 cm³/mol. The van der Waals surface area contributed by atoms with Crippen molar-refractivity contribution >= 4 is 6.01 Å². The molecule has 0 atom stereocenters. The highest BCUT2D eigenvalue weighted by Gasteiger charge is 2.20. The smallest absolute Gasteiger partial charge is 0.295 e. The molecule has 0 aromatic carbocycles. The average Bonchev–Trinajstić information content (AvgIpc) is 2.83. The molecule has 0 radical (unpaired) electrons. The largest absolute Gasteiger partial charge is 0.432 e. The molecule has 0 unspecified atom stereocenters. The highest BCUT2D eigenvalue weighted by molar-refractivity contribution is 5.25. The van der Waals surface area contributed by atoms with E-state index in [2.05, 4.69) is 36.4 Å². The van der Waals surface area contributed by atoms with Crippen molar-refractivity contribution in [2.45, 2.75) is 51.7 Å². The normalized spacial score (nSPS) is 16.7. The van der Waals surface area contributed by atoms with Gasteiger partial charge in [-0.3, -0.25) is 0 Å². The molecule has 4 nitrogen and oxygen atoms in total. The maximum absolute atomic E-state index is 5.33. The minimum Gasteiger partial charge on any atom is -0.432 e. The monoisotopic (exact) mass is 209 g/mol. The summed E-state index contributed by atoms with van der Waals surface area (Å²) in [5, 5.41) is 6.60. The van der Waals surface area contributed by atoms with E-state index >= 15 is 0 Å². The Morgan fingerprint density at radius 1 is 1.47 bits per heavy atom. The number of anilines is 1. The molecule has 0 saturated heterocycles. The molecule has 2 N–H and O–H groups in total. The van der Waals surface area contributed by atoms with Gasteiger partial charge in [-0.15, -0.1) is 0 Å². The topological polar surface area (TPSA) is 50.1 Å². The number of hydrogen-bond acceptors (Lipinski definition) is 4. The summed E-state index contributed by atoms with van der Waals surface area (Å²) in [5.74, 6) is 0. The van der Waals surface area contributed by atoms with E-state index in [-0.39, 0.29) is 5.54 Å². The summed E-state index contributed by atoms with van der Waals surface area (Å²) in [5.41, 5.74) is 0.958. The summed E-state index contributed by atoms with van der Waals surface area (Å²) in [7, 11) is 0. The molecule has 0 aliphatic heterocycles. The van der Waals surface area contributed by atoms with Crippen LogP contribution in [0.5, 0.6) is 0 Å². The highest BCUT2D eigenvalue weighted by atomic mass is 16.4. The Hall–Kier alpha value is -1.03. The van der Waals surface area contributed by atoms with Crippen molar-refractivity contribution in [3.63, 3.8) is 0 Å². The SMILES string of the molecule is CC(C)(C)Nc1nc(CNC2CC2)co1. The first-order valence-corrected chi connectivity index (χ1v) is 5.49. The average molecular weight is 209 g/mol. The van der Waals surface area contributed by atoms with Crippen LogP contribution in [-0.4, -0.2) is 16.6 Å². The van der Waals surface area contributed by atoms with E-state index in [1.54, 1.807) is 6.26 Å². The molecule has 1 saturated carbocycles. The predicted octanol–water partition coefficient (Wildman–Crippen LogP) is 2.14. The van der Waals surface area contributed by atoms with Crippen LogP contribution in [0.2, 0.25) is 0 Å². The standard InChI is InChI=1S/C11H19N3O/c1-11(2,3)14-10-13-9(7-15-10)6-12-8-4-5-8/h7-8,12H,4-6H2,1-3H3,(H,13,14). The van der Waals surface area contributed by atoms with Crippen LogP contribution >= 0.6 is 0 Å².